The summed E-state index contributed by atoms with van der Waals surface area (Å²) in [6.45, 7) is 9.17. The second-order valence-corrected chi connectivity index (χ2v) is 8.79. The van der Waals surface area contributed by atoms with E-state index in [1.807, 2.05) is 6.92 Å². The molecule has 4 nitrogen and oxygen atoms in total. The summed E-state index contributed by atoms with van der Waals surface area (Å²) in [6.07, 6.45) is 5.73. The van der Waals surface area contributed by atoms with Gasteiger partial charge in [-0.3, -0.25) is 4.79 Å². The number of rotatable bonds is 4. The van der Waals surface area contributed by atoms with E-state index < -0.39 is 5.60 Å². The highest BCUT2D eigenvalue weighted by molar-refractivity contribution is 5.76. The van der Waals surface area contributed by atoms with Gasteiger partial charge in [-0.1, -0.05) is 27.2 Å². The summed E-state index contributed by atoms with van der Waals surface area (Å²) in [5, 5.41) is 22.5. The van der Waals surface area contributed by atoms with E-state index in [9.17, 15) is 9.90 Å². The van der Waals surface area contributed by atoms with Crippen LogP contribution in [0.5, 0.6) is 0 Å². The van der Waals surface area contributed by atoms with Crippen molar-refractivity contribution in [1.82, 2.24) is 5.32 Å². The molecule has 4 atom stereocenters. The molecule has 2 aliphatic carbocycles. The van der Waals surface area contributed by atoms with Crippen LogP contribution in [0.15, 0.2) is 0 Å². The van der Waals surface area contributed by atoms with Gasteiger partial charge in [0.15, 0.2) is 0 Å². The number of carbonyl (C=O) groups excluding carboxylic acids is 1. The first-order chi connectivity index (χ1) is 10.1. The van der Waals surface area contributed by atoms with Crippen LogP contribution in [-0.2, 0) is 4.79 Å². The quantitative estimate of drug-likeness (QED) is 0.747. The van der Waals surface area contributed by atoms with Gasteiger partial charge in [0.25, 0.3) is 0 Å². The van der Waals surface area contributed by atoms with Gasteiger partial charge >= 0.3 is 0 Å². The summed E-state index contributed by atoms with van der Waals surface area (Å²) < 4.78 is 0. The fourth-order valence-electron chi connectivity index (χ4n) is 5.15. The minimum atomic E-state index is -0.782. The first kappa shape index (κ1) is 17.7. The molecule has 4 heteroatoms. The molecule has 0 saturated heterocycles. The first-order valence-corrected chi connectivity index (χ1v) is 8.71. The van der Waals surface area contributed by atoms with Crippen LogP contribution in [-0.4, -0.2) is 34.9 Å². The highest BCUT2D eigenvalue weighted by atomic mass is 16.3. The zero-order valence-corrected chi connectivity index (χ0v) is 14.6. The summed E-state index contributed by atoms with van der Waals surface area (Å²) in [5.74, 6) is 0.457. The van der Waals surface area contributed by atoms with Crippen LogP contribution >= 0.6 is 0 Å². The molecule has 2 rings (SSSR count). The molecule has 2 aliphatic rings. The zero-order valence-electron chi connectivity index (χ0n) is 14.6. The molecule has 128 valence electrons. The fourth-order valence-corrected chi connectivity index (χ4v) is 5.15. The maximum atomic E-state index is 12.0. The lowest BCUT2D eigenvalue weighted by molar-refractivity contribution is -0.154. The average Bonchev–Trinajstić information content (AvgIpc) is 2.39. The Labute approximate surface area is 134 Å². The second-order valence-electron chi connectivity index (χ2n) is 8.79. The molecule has 0 aliphatic heterocycles. The molecule has 0 bridgehead atoms. The molecule has 0 aromatic rings. The van der Waals surface area contributed by atoms with E-state index in [0.29, 0.717) is 18.9 Å². The van der Waals surface area contributed by atoms with Crippen molar-refractivity contribution in [3.05, 3.63) is 0 Å². The van der Waals surface area contributed by atoms with E-state index in [1.165, 1.54) is 19.3 Å². The fraction of sp³-hybridized carbons (Fsp3) is 0.944. The van der Waals surface area contributed by atoms with Crippen molar-refractivity contribution in [1.29, 1.82) is 0 Å². The molecule has 0 unspecified atom stereocenters. The predicted octanol–water partition coefficient (Wildman–Crippen LogP) is 2.48. The summed E-state index contributed by atoms with van der Waals surface area (Å²) in [5.41, 5.74) is -0.289. The molecule has 3 N–H and O–H groups in total. The van der Waals surface area contributed by atoms with E-state index in [2.05, 4.69) is 26.1 Å². The van der Waals surface area contributed by atoms with Crippen LogP contribution in [0, 0.1) is 22.7 Å². The van der Waals surface area contributed by atoms with Gasteiger partial charge in [0.1, 0.15) is 0 Å². The third-order valence-corrected chi connectivity index (χ3v) is 6.43. The Morgan fingerprint density at radius 1 is 1.18 bits per heavy atom. The number of hydrogen-bond donors (Lipinski definition) is 3. The lowest BCUT2D eigenvalue weighted by atomic mass is 9.47. The Bertz CT molecular complexity index is 419. The molecule has 0 aromatic carbocycles. The van der Waals surface area contributed by atoms with Crippen molar-refractivity contribution in [3.8, 4) is 0 Å². The summed E-state index contributed by atoms with van der Waals surface area (Å²) in [7, 11) is 0. The molecule has 0 heterocycles. The number of fused-ring (bicyclic) bond motifs is 1. The Morgan fingerprint density at radius 3 is 2.50 bits per heavy atom. The Hall–Kier alpha value is -0.610. The Kier molecular flexibility index (Phi) is 4.94. The second kappa shape index (κ2) is 6.12. The van der Waals surface area contributed by atoms with Crippen molar-refractivity contribution in [2.45, 2.75) is 71.8 Å². The molecule has 0 radical (unpaired) electrons. The summed E-state index contributed by atoms with van der Waals surface area (Å²) in [6, 6.07) is 0. The molecule has 2 fully saturated rings. The number of aliphatic hydroxyl groups is 2. The molecular formula is C18H33NO3. The third kappa shape index (κ3) is 3.48. The van der Waals surface area contributed by atoms with E-state index in [0.717, 1.165) is 12.8 Å². The van der Waals surface area contributed by atoms with Gasteiger partial charge in [-0.05, 0) is 55.3 Å². The third-order valence-electron chi connectivity index (χ3n) is 6.43. The molecule has 0 aromatic heterocycles. The number of carbonyl (C=O) groups is 1. The van der Waals surface area contributed by atoms with E-state index in [1.54, 1.807) is 0 Å². The van der Waals surface area contributed by atoms with Gasteiger partial charge in [-0.15, -0.1) is 0 Å². The van der Waals surface area contributed by atoms with Crippen LogP contribution in [0.1, 0.15) is 66.2 Å². The highest BCUT2D eigenvalue weighted by Gasteiger charge is 2.55. The number of nitrogens with one attached hydrogen (secondary N) is 1. The molecule has 0 spiro atoms. The standard InChI is InChI=1S/C18H33NO3/c1-16(2)6-5-7-17(3)11-13(10-15(21)19-8-9-20)18(4,22)12-14(16)17/h13-14,20,22H,5-12H2,1-4H3,(H,19,21)/t13-,14+,17-,18-/m1/s1. The predicted molar refractivity (Wildman–Crippen MR) is 87.3 cm³/mol. The summed E-state index contributed by atoms with van der Waals surface area (Å²) >= 11 is 0. The average molecular weight is 311 g/mol. The van der Waals surface area contributed by atoms with Gasteiger partial charge < -0.3 is 15.5 Å². The van der Waals surface area contributed by atoms with Crippen LogP contribution in [0.2, 0.25) is 0 Å². The number of amides is 1. The number of aliphatic hydroxyl groups excluding tert-OH is 1. The van der Waals surface area contributed by atoms with Gasteiger partial charge in [0, 0.05) is 13.0 Å². The largest absolute Gasteiger partial charge is 0.395 e. The van der Waals surface area contributed by atoms with E-state index in [-0.39, 0.29) is 29.3 Å². The van der Waals surface area contributed by atoms with Crippen molar-refractivity contribution >= 4 is 5.91 Å². The first-order valence-electron chi connectivity index (χ1n) is 8.71. The molecule has 2 saturated carbocycles. The maximum absolute atomic E-state index is 12.0. The van der Waals surface area contributed by atoms with Gasteiger partial charge in [-0.25, -0.2) is 0 Å². The lowest BCUT2D eigenvalue weighted by Gasteiger charge is -2.59. The van der Waals surface area contributed by atoms with Gasteiger partial charge in [0.05, 0.1) is 12.2 Å². The topological polar surface area (TPSA) is 69.6 Å². The van der Waals surface area contributed by atoms with Crippen molar-refractivity contribution < 1.29 is 15.0 Å². The highest BCUT2D eigenvalue weighted by Crippen LogP contribution is 2.61. The van der Waals surface area contributed by atoms with E-state index >= 15 is 0 Å². The van der Waals surface area contributed by atoms with Crippen LogP contribution < -0.4 is 5.32 Å². The molecular weight excluding hydrogens is 278 g/mol. The minimum absolute atomic E-state index is 0.00124. The normalized spacial score (nSPS) is 40.8. The van der Waals surface area contributed by atoms with Gasteiger partial charge in [-0.2, -0.15) is 0 Å². The molecule has 1 amide bonds. The molecule has 22 heavy (non-hydrogen) atoms. The van der Waals surface area contributed by atoms with Crippen molar-refractivity contribution in [2.75, 3.05) is 13.2 Å². The van der Waals surface area contributed by atoms with Crippen molar-refractivity contribution in [3.63, 3.8) is 0 Å². The summed E-state index contributed by atoms with van der Waals surface area (Å²) in [4.78, 5) is 12.0. The Morgan fingerprint density at radius 2 is 1.86 bits per heavy atom. The Balaban J connectivity index is 2.13. The lowest BCUT2D eigenvalue weighted by Crippen LogP contribution is -2.55. The van der Waals surface area contributed by atoms with Crippen LogP contribution in [0.25, 0.3) is 0 Å². The minimum Gasteiger partial charge on any atom is -0.395 e. The number of hydrogen-bond acceptors (Lipinski definition) is 3. The van der Waals surface area contributed by atoms with Gasteiger partial charge in [0.2, 0.25) is 5.91 Å². The van der Waals surface area contributed by atoms with E-state index in [4.69, 9.17) is 5.11 Å². The smallest absolute Gasteiger partial charge is 0.220 e. The monoisotopic (exact) mass is 311 g/mol. The van der Waals surface area contributed by atoms with Crippen LogP contribution in [0.3, 0.4) is 0 Å². The zero-order chi connectivity index (χ0) is 16.6. The maximum Gasteiger partial charge on any atom is 0.220 e. The van der Waals surface area contributed by atoms with Crippen molar-refractivity contribution in [2.24, 2.45) is 22.7 Å². The SMILES string of the molecule is CC1(C)CCC[C@]2(C)C[C@@H](CC(=O)NCCO)[C@](C)(O)C[C@@H]12. The van der Waals surface area contributed by atoms with Crippen LogP contribution in [0.4, 0.5) is 0 Å².